The highest BCUT2D eigenvalue weighted by Crippen LogP contribution is 2.27. The van der Waals surface area contributed by atoms with Crippen LogP contribution in [0.15, 0.2) is 114 Å². The van der Waals surface area contributed by atoms with Gasteiger partial charge < -0.3 is 0 Å². The van der Waals surface area contributed by atoms with Crippen molar-refractivity contribution in [3.63, 3.8) is 0 Å². The molecule has 0 aliphatic carbocycles. The largest absolute Gasteiger partial charge is 0.278 e. The Morgan fingerprint density at radius 2 is 1.21 bits per heavy atom. The average Bonchev–Trinajstić information content (AvgIpc) is 3.64. The molecule has 0 fully saturated rings. The van der Waals surface area contributed by atoms with Crippen LogP contribution in [-0.4, -0.2) is 45.3 Å². The minimum atomic E-state index is 0.774. The second-order valence-corrected chi connectivity index (χ2v) is 9.78. The number of rotatable bonds is 3. The minimum Gasteiger partial charge on any atom is -0.278 e. The first-order chi connectivity index (χ1) is 19.3. The van der Waals surface area contributed by atoms with E-state index >= 15 is 0 Å². The first kappa shape index (κ1) is 22.9. The fourth-order valence-electron chi connectivity index (χ4n) is 4.18. The molecule has 0 aliphatic heterocycles. The number of aromatic nitrogens is 9. The fraction of sp³-hybridized carbons (Fsp3) is 0. The molecule has 0 unspecified atom stereocenters. The van der Waals surface area contributed by atoms with Crippen molar-refractivity contribution in [1.82, 2.24) is 45.3 Å². The molecule has 0 spiro atoms. The molecule has 0 amide bonds. The van der Waals surface area contributed by atoms with Crippen LogP contribution < -0.4 is 0 Å². The smallest absolute Gasteiger partial charge is 0.120 e. The predicted octanol–water partition coefficient (Wildman–Crippen LogP) is 6.23. The van der Waals surface area contributed by atoms with E-state index in [0.29, 0.717) is 0 Å². The molecule has 0 atom stereocenters. The van der Waals surface area contributed by atoms with Crippen molar-refractivity contribution in [2.24, 2.45) is 0 Å². The molecule has 0 radical (unpaired) electrons. The lowest BCUT2D eigenvalue weighted by atomic mass is 10.2. The van der Waals surface area contributed by atoms with Crippen molar-refractivity contribution in [3.8, 4) is 11.4 Å². The van der Waals surface area contributed by atoms with E-state index < -0.39 is 0 Å². The summed E-state index contributed by atoms with van der Waals surface area (Å²) in [5, 5.41) is 16.9. The number of H-pyrrole nitrogens is 2. The molecule has 8 aromatic rings. The summed E-state index contributed by atoms with van der Waals surface area (Å²) in [6.45, 7) is 0. The highest BCUT2D eigenvalue weighted by atomic mass is 32.2. The van der Waals surface area contributed by atoms with E-state index in [2.05, 4.69) is 57.4 Å². The molecular weight excluding hydrogens is 506 g/mol. The van der Waals surface area contributed by atoms with Crippen LogP contribution in [0.25, 0.3) is 55.3 Å². The summed E-state index contributed by atoms with van der Waals surface area (Å²) in [5.74, 6) is 0. The second-order valence-electron chi connectivity index (χ2n) is 8.69. The molecule has 9 nitrogen and oxygen atoms in total. The van der Waals surface area contributed by atoms with E-state index in [-0.39, 0.29) is 0 Å². The van der Waals surface area contributed by atoms with Gasteiger partial charge in [-0.25, -0.2) is 9.97 Å². The summed E-state index contributed by atoms with van der Waals surface area (Å²) in [7, 11) is 0. The number of pyridine rings is 1. The van der Waals surface area contributed by atoms with E-state index in [9.17, 15) is 0 Å². The lowest BCUT2D eigenvalue weighted by Crippen LogP contribution is -1.90. The van der Waals surface area contributed by atoms with Gasteiger partial charge in [0.15, 0.2) is 0 Å². The molecule has 3 aromatic carbocycles. The summed E-state index contributed by atoms with van der Waals surface area (Å²) in [6.07, 6.45) is 8.88. The number of nitrogens with one attached hydrogen (secondary N) is 2. The van der Waals surface area contributed by atoms with Gasteiger partial charge in [0.1, 0.15) is 10.7 Å². The summed E-state index contributed by atoms with van der Waals surface area (Å²) < 4.78 is 0. The van der Waals surface area contributed by atoms with Gasteiger partial charge in [-0.3, -0.25) is 25.1 Å². The van der Waals surface area contributed by atoms with E-state index in [4.69, 9.17) is 0 Å². The Bertz CT molecular complexity index is 2050. The maximum atomic E-state index is 4.65. The van der Waals surface area contributed by atoms with Crippen LogP contribution in [-0.2, 0) is 0 Å². The predicted molar refractivity (Wildman–Crippen MR) is 152 cm³/mol. The van der Waals surface area contributed by atoms with Crippen LogP contribution in [0.4, 0.5) is 0 Å². The summed E-state index contributed by atoms with van der Waals surface area (Å²) in [6, 6.07) is 23.8. The molecular formula is C29H19N9S. The van der Waals surface area contributed by atoms with Crippen molar-refractivity contribution < 1.29 is 0 Å². The van der Waals surface area contributed by atoms with Crippen molar-refractivity contribution in [2.45, 2.75) is 9.92 Å². The van der Waals surface area contributed by atoms with Crippen LogP contribution in [0.3, 0.4) is 0 Å². The third-order valence-corrected chi connectivity index (χ3v) is 6.99. The monoisotopic (exact) mass is 525 g/mol. The van der Waals surface area contributed by atoms with Gasteiger partial charge in [0, 0.05) is 21.9 Å². The number of aromatic amines is 2. The number of hydrogen-bond donors (Lipinski definition) is 2. The topological polar surface area (TPSA) is 122 Å². The van der Waals surface area contributed by atoms with Crippen molar-refractivity contribution in [3.05, 3.63) is 104 Å². The van der Waals surface area contributed by atoms with Gasteiger partial charge >= 0.3 is 0 Å². The van der Waals surface area contributed by atoms with Gasteiger partial charge in [-0.1, -0.05) is 36.0 Å². The third kappa shape index (κ3) is 4.76. The van der Waals surface area contributed by atoms with Gasteiger partial charge in [0.05, 0.1) is 63.6 Å². The van der Waals surface area contributed by atoms with Crippen LogP contribution >= 0.6 is 11.8 Å². The molecule has 5 heterocycles. The maximum absolute atomic E-state index is 4.65. The Morgan fingerprint density at radius 1 is 0.538 bits per heavy atom. The standard InChI is InChI=1S/C15H10N4S.C14H9N5/c1-2-4-11(5-3-1)20-15-9-16-13-6-10-8-17-19-12(10)7-14(13)18-15;1-2-4-15-10(3-1)14-8-16-12-6-11-9(7-17-19-11)5-13(12)18-14/h1-9H,(H,17,19);1-8H,(H,17,19). The zero-order valence-electron chi connectivity index (χ0n) is 20.4. The normalized spacial score (nSPS) is 11.2. The lowest BCUT2D eigenvalue weighted by Gasteiger charge is -2.02. The number of benzene rings is 3. The molecule has 10 heteroatoms. The van der Waals surface area contributed by atoms with Crippen molar-refractivity contribution in [1.29, 1.82) is 0 Å². The summed E-state index contributed by atoms with van der Waals surface area (Å²) in [4.78, 5) is 23.6. The summed E-state index contributed by atoms with van der Waals surface area (Å²) >= 11 is 1.61. The van der Waals surface area contributed by atoms with Gasteiger partial charge in [-0.05, 0) is 48.5 Å². The Morgan fingerprint density at radius 3 is 1.97 bits per heavy atom. The molecule has 5 aromatic heterocycles. The lowest BCUT2D eigenvalue weighted by molar-refractivity contribution is 1.11. The maximum Gasteiger partial charge on any atom is 0.120 e. The molecule has 8 rings (SSSR count). The first-order valence-corrected chi connectivity index (χ1v) is 12.9. The first-order valence-electron chi connectivity index (χ1n) is 12.1. The van der Waals surface area contributed by atoms with Crippen LogP contribution in [0, 0.1) is 0 Å². The minimum absolute atomic E-state index is 0.774. The summed E-state index contributed by atoms with van der Waals surface area (Å²) in [5.41, 5.74) is 6.99. The third-order valence-electron chi connectivity index (χ3n) is 6.08. The Labute approximate surface area is 225 Å². The molecule has 0 bridgehead atoms. The number of fused-ring (bicyclic) bond motifs is 4. The second kappa shape index (κ2) is 9.92. The van der Waals surface area contributed by atoms with Crippen molar-refractivity contribution in [2.75, 3.05) is 0 Å². The number of hydrogen-bond acceptors (Lipinski definition) is 8. The van der Waals surface area contributed by atoms with Crippen LogP contribution in [0.5, 0.6) is 0 Å². The molecule has 39 heavy (non-hydrogen) atoms. The van der Waals surface area contributed by atoms with Gasteiger partial charge in [0.25, 0.3) is 0 Å². The van der Waals surface area contributed by atoms with Crippen LogP contribution in [0.2, 0.25) is 0 Å². The highest BCUT2D eigenvalue weighted by Gasteiger charge is 2.07. The van der Waals surface area contributed by atoms with Crippen molar-refractivity contribution >= 4 is 55.6 Å². The molecule has 186 valence electrons. The zero-order chi connectivity index (χ0) is 26.0. The molecule has 0 aliphatic rings. The Kier molecular flexibility index (Phi) is 5.83. The SMILES string of the molecule is c1ccc(-c2cnc3cc4[nH]ncc4cc3n2)nc1.c1ccc(Sc2cnc3cc4cn[nH]c4cc3n2)cc1. The van der Waals surface area contributed by atoms with Gasteiger partial charge in [-0.2, -0.15) is 10.2 Å². The van der Waals surface area contributed by atoms with E-state index in [0.717, 1.165) is 65.2 Å². The van der Waals surface area contributed by atoms with Gasteiger partial charge in [-0.15, -0.1) is 0 Å². The van der Waals surface area contributed by atoms with E-state index in [1.165, 1.54) is 0 Å². The molecule has 0 saturated carbocycles. The molecule has 0 saturated heterocycles. The van der Waals surface area contributed by atoms with E-state index in [1.54, 1.807) is 36.5 Å². The van der Waals surface area contributed by atoms with Gasteiger partial charge in [0.2, 0.25) is 0 Å². The quantitative estimate of drug-likeness (QED) is 0.279. The fourth-order valence-corrected chi connectivity index (χ4v) is 4.96. The Balaban J connectivity index is 0.000000130. The highest BCUT2D eigenvalue weighted by molar-refractivity contribution is 7.99. The average molecular weight is 526 g/mol. The van der Waals surface area contributed by atoms with Crippen LogP contribution in [0.1, 0.15) is 0 Å². The van der Waals surface area contributed by atoms with E-state index in [1.807, 2.05) is 66.9 Å². The molecule has 2 N–H and O–H groups in total. The Hall–Kier alpha value is -5.22. The number of nitrogens with zero attached hydrogens (tertiary/aromatic N) is 7. The zero-order valence-corrected chi connectivity index (χ0v) is 21.2.